The van der Waals surface area contributed by atoms with Gasteiger partial charge in [0.05, 0.1) is 6.07 Å². The van der Waals surface area contributed by atoms with Gasteiger partial charge in [-0.2, -0.15) is 5.26 Å². The highest BCUT2D eigenvalue weighted by Crippen LogP contribution is 2.27. The highest BCUT2D eigenvalue weighted by molar-refractivity contribution is 6.30. The van der Waals surface area contributed by atoms with E-state index >= 15 is 0 Å². The first-order valence-corrected chi connectivity index (χ1v) is 8.69. The maximum atomic E-state index is 12.2. The molecule has 0 bridgehead atoms. The number of hydrogen-bond donors (Lipinski definition) is 1. The van der Waals surface area contributed by atoms with E-state index < -0.39 is 23.5 Å². The highest BCUT2D eigenvalue weighted by Gasteiger charge is 2.35. The minimum atomic E-state index is -0.963. The van der Waals surface area contributed by atoms with E-state index in [-0.39, 0.29) is 0 Å². The minimum absolute atomic E-state index is 0.448. The third kappa shape index (κ3) is 5.61. The van der Waals surface area contributed by atoms with E-state index in [1.54, 1.807) is 30.3 Å². The molecular formula is C19H21ClN2O3. The van der Waals surface area contributed by atoms with Crippen molar-refractivity contribution in [3.05, 3.63) is 40.9 Å². The summed E-state index contributed by atoms with van der Waals surface area (Å²) >= 11 is 5.80. The lowest BCUT2D eigenvalue weighted by atomic mass is 9.83. The maximum Gasteiger partial charge on any atom is 0.331 e. The highest BCUT2D eigenvalue weighted by atomic mass is 35.5. The van der Waals surface area contributed by atoms with E-state index in [2.05, 4.69) is 11.4 Å². The van der Waals surface area contributed by atoms with Gasteiger partial charge in [-0.25, -0.2) is 4.79 Å². The Morgan fingerprint density at radius 2 is 1.92 bits per heavy atom. The summed E-state index contributed by atoms with van der Waals surface area (Å²) in [6.45, 7) is 1.50. The number of esters is 1. The van der Waals surface area contributed by atoms with Gasteiger partial charge in [0.2, 0.25) is 0 Å². The fraction of sp³-hybridized carbons (Fsp3) is 0.421. The zero-order chi connectivity index (χ0) is 18.3. The van der Waals surface area contributed by atoms with Gasteiger partial charge in [0.15, 0.2) is 6.10 Å². The van der Waals surface area contributed by atoms with Crippen LogP contribution in [0.1, 0.15) is 44.6 Å². The molecule has 1 atom stereocenters. The average Bonchev–Trinajstić information content (AvgIpc) is 2.62. The Balaban J connectivity index is 1.88. The van der Waals surface area contributed by atoms with Crippen molar-refractivity contribution in [1.82, 2.24) is 5.32 Å². The Labute approximate surface area is 152 Å². The summed E-state index contributed by atoms with van der Waals surface area (Å²) in [5.41, 5.74) is -0.0427. The van der Waals surface area contributed by atoms with E-state index in [0.717, 1.165) is 24.8 Å². The molecule has 1 saturated carbocycles. The Morgan fingerprint density at radius 1 is 1.28 bits per heavy atom. The van der Waals surface area contributed by atoms with Gasteiger partial charge in [0.1, 0.15) is 5.54 Å². The third-order valence-corrected chi connectivity index (χ3v) is 4.48. The second-order valence-electron chi connectivity index (χ2n) is 6.21. The van der Waals surface area contributed by atoms with E-state index in [1.165, 1.54) is 13.0 Å². The first-order valence-electron chi connectivity index (χ1n) is 8.32. The fourth-order valence-electron chi connectivity index (χ4n) is 2.76. The number of rotatable bonds is 5. The second-order valence-corrected chi connectivity index (χ2v) is 6.64. The van der Waals surface area contributed by atoms with Crippen molar-refractivity contribution in [3.63, 3.8) is 0 Å². The van der Waals surface area contributed by atoms with Crippen molar-refractivity contribution in [2.24, 2.45) is 0 Å². The Bertz CT molecular complexity index is 686. The summed E-state index contributed by atoms with van der Waals surface area (Å²) in [5, 5.41) is 12.8. The molecule has 1 aromatic rings. The normalized spacial score (nSPS) is 17.5. The van der Waals surface area contributed by atoms with Crippen molar-refractivity contribution in [1.29, 1.82) is 5.26 Å². The van der Waals surface area contributed by atoms with Gasteiger partial charge in [0.25, 0.3) is 5.91 Å². The zero-order valence-corrected chi connectivity index (χ0v) is 14.9. The molecule has 0 spiro atoms. The molecule has 132 valence electrons. The summed E-state index contributed by atoms with van der Waals surface area (Å²) in [6.07, 6.45) is 6.03. The van der Waals surface area contributed by atoms with E-state index in [1.807, 2.05) is 0 Å². The van der Waals surface area contributed by atoms with Crippen LogP contribution >= 0.6 is 11.6 Å². The summed E-state index contributed by atoms with van der Waals surface area (Å²) < 4.78 is 5.12. The molecule has 1 N–H and O–H groups in total. The molecule has 2 rings (SSSR count). The van der Waals surface area contributed by atoms with Gasteiger partial charge in [-0.3, -0.25) is 4.79 Å². The number of carbonyl (C=O) groups is 2. The first-order chi connectivity index (χ1) is 11.9. The van der Waals surface area contributed by atoms with Crippen LogP contribution in [0.25, 0.3) is 6.08 Å². The van der Waals surface area contributed by atoms with E-state index in [0.29, 0.717) is 17.9 Å². The molecule has 0 aromatic heterocycles. The molecule has 1 amide bonds. The van der Waals surface area contributed by atoms with Crippen LogP contribution in [0.2, 0.25) is 5.02 Å². The summed E-state index contributed by atoms with van der Waals surface area (Å²) in [6, 6.07) is 9.18. The number of carbonyl (C=O) groups excluding carboxylic acids is 2. The molecule has 0 radical (unpaired) electrons. The standard InChI is InChI=1S/C19H21ClN2O3/c1-14(18(24)22-19(13-21)11-3-2-4-12-19)25-17(23)10-7-15-5-8-16(20)9-6-15/h5-10,14H,2-4,11-12H2,1H3,(H,22,24)/b10-7+/t14-/m0/s1. The number of benzene rings is 1. The zero-order valence-electron chi connectivity index (χ0n) is 14.1. The van der Waals surface area contributed by atoms with Gasteiger partial charge in [-0.05, 0) is 43.5 Å². The lowest BCUT2D eigenvalue weighted by Crippen LogP contribution is -2.52. The Morgan fingerprint density at radius 3 is 2.52 bits per heavy atom. The van der Waals surface area contributed by atoms with Crippen LogP contribution in [-0.4, -0.2) is 23.5 Å². The number of nitrogens with zero attached hydrogens (tertiary/aromatic N) is 1. The van der Waals surface area contributed by atoms with Crippen molar-refractivity contribution in [3.8, 4) is 6.07 Å². The molecule has 1 aliphatic carbocycles. The predicted molar refractivity (Wildman–Crippen MR) is 95.6 cm³/mol. The average molecular weight is 361 g/mol. The first kappa shape index (κ1) is 19.0. The van der Waals surface area contributed by atoms with Crippen LogP contribution in [0.5, 0.6) is 0 Å². The molecule has 25 heavy (non-hydrogen) atoms. The van der Waals surface area contributed by atoms with Crippen LogP contribution in [0.3, 0.4) is 0 Å². The van der Waals surface area contributed by atoms with Crippen LogP contribution in [0, 0.1) is 11.3 Å². The molecule has 6 heteroatoms. The molecule has 1 fully saturated rings. The van der Waals surface area contributed by atoms with Gasteiger partial charge in [0, 0.05) is 11.1 Å². The summed E-state index contributed by atoms with van der Waals surface area (Å²) in [7, 11) is 0. The third-order valence-electron chi connectivity index (χ3n) is 4.23. The number of ether oxygens (including phenoxy) is 1. The van der Waals surface area contributed by atoms with Gasteiger partial charge < -0.3 is 10.1 Å². The monoisotopic (exact) mass is 360 g/mol. The number of amides is 1. The molecular weight excluding hydrogens is 340 g/mol. The Hall–Kier alpha value is -2.32. The quantitative estimate of drug-likeness (QED) is 0.642. The lowest BCUT2D eigenvalue weighted by molar-refractivity contribution is -0.150. The minimum Gasteiger partial charge on any atom is -0.449 e. The number of halogens is 1. The fourth-order valence-corrected chi connectivity index (χ4v) is 2.89. The molecule has 0 saturated heterocycles. The van der Waals surface area contributed by atoms with Gasteiger partial charge in [-0.1, -0.05) is 43.0 Å². The predicted octanol–water partition coefficient (Wildman–Crippen LogP) is 3.63. The SMILES string of the molecule is C[C@H](OC(=O)/C=C/c1ccc(Cl)cc1)C(=O)NC1(C#N)CCCCC1. The van der Waals surface area contributed by atoms with Gasteiger partial charge >= 0.3 is 5.97 Å². The van der Waals surface area contributed by atoms with Crippen molar-refractivity contribution in [2.45, 2.75) is 50.7 Å². The van der Waals surface area contributed by atoms with E-state index in [9.17, 15) is 14.9 Å². The summed E-state index contributed by atoms with van der Waals surface area (Å²) in [4.78, 5) is 24.1. The number of nitriles is 1. The van der Waals surface area contributed by atoms with E-state index in [4.69, 9.17) is 16.3 Å². The largest absolute Gasteiger partial charge is 0.449 e. The number of nitrogens with one attached hydrogen (secondary N) is 1. The molecule has 0 unspecified atom stereocenters. The summed E-state index contributed by atoms with van der Waals surface area (Å²) in [5.74, 6) is -1.07. The molecule has 5 nitrogen and oxygen atoms in total. The molecule has 1 aromatic carbocycles. The van der Waals surface area contributed by atoms with Crippen LogP contribution in [0.15, 0.2) is 30.3 Å². The van der Waals surface area contributed by atoms with Crippen LogP contribution in [-0.2, 0) is 14.3 Å². The van der Waals surface area contributed by atoms with Crippen molar-refractivity contribution < 1.29 is 14.3 Å². The van der Waals surface area contributed by atoms with Crippen molar-refractivity contribution >= 4 is 29.6 Å². The molecule has 0 aliphatic heterocycles. The van der Waals surface area contributed by atoms with Crippen LogP contribution < -0.4 is 5.32 Å². The maximum absolute atomic E-state index is 12.2. The molecule has 1 aliphatic rings. The lowest BCUT2D eigenvalue weighted by Gasteiger charge is -2.32. The van der Waals surface area contributed by atoms with Crippen LogP contribution in [0.4, 0.5) is 0 Å². The number of hydrogen-bond acceptors (Lipinski definition) is 4. The second kappa shape index (κ2) is 8.68. The van der Waals surface area contributed by atoms with Crippen molar-refractivity contribution in [2.75, 3.05) is 0 Å². The Kier molecular flexibility index (Phi) is 6.60. The molecule has 0 heterocycles. The smallest absolute Gasteiger partial charge is 0.331 e. The topological polar surface area (TPSA) is 79.2 Å². The van der Waals surface area contributed by atoms with Gasteiger partial charge in [-0.15, -0.1) is 0 Å².